The average Bonchev–Trinajstić information content (AvgIpc) is 2.40. The first kappa shape index (κ1) is 14.9. The molecule has 0 amide bonds. The third-order valence-corrected chi connectivity index (χ3v) is 3.48. The lowest BCUT2D eigenvalue weighted by atomic mass is 9.98. The molecule has 0 fully saturated rings. The Balaban J connectivity index is 2.34. The van der Waals surface area contributed by atoms with E-state index in [2.05, 4.69) is 5.32 Å². The van der Waals surface area contributed by atoms with Crippen LogP contribution in [0.4, 0.5) is 13.2 Å². The van der Waals surface area contributed by atoms with E-state index < -0.39 is 23.5 Å². The van der Waals surface area contributed by atoms with E-state index in [0.717, 1.165) is 0 Å². The summed E-state index contributed by atoms with van der Waals surface area (Å²) in [6, 6.07) is 7.27. The lowest BCUT2D eigenvalue weighted by Crippen LogP contribution is -2.20. The summed E-state index contributed by atoms with van der Waals surface area (Å²) in [6.45, 7) is 0. The number of nitrogens with one attached hydrogen (secondary N) is 1. The molecule has 0 spiro atoms. The fraction of sp³-hybridized carbons (Fsp3) is 0.200. The third-order valence-electron chi connectivity index (χ3n) is 3.16. The van der Waals surface area contributed by atoms with Crippen LogP contribution in [0.2, 0.25) is 5.02 Å². The zero-order valence-corrected chi connectivity index (χ0v) is 11.5. The zero-order chi connectivity index (χ0) is 14.7. The number of likely N-dealkylation sites (N-methyl/N-ethyl adjacent to an activating group) is 1. The molecule has 1 N–H and O–H groups in total. The van der Waals surface area contributed by atoms with Crippen molar-refractivity contribution in [3.8, 4) is 0 Å². The van der Waals surface area contributed by atoms with Crippen molar-refractivity contribution in [2.45, 2.75) is 12.5 Å². The van der Waals surface area contributed by atoms with E-state index in [4.69, 9.17) is 11.6 Å². The number of hydrogen-bond acceptors (Lipinski definition) is 1. The smallest absolute Gasteiger partial charge is 0.129 e. The second-order valence-corrected chi connectivity index (χ2v) is 4.82. The van der Waals surface area contributed by atoms with Crippen LogP contribution in [0.1, 0.15) is 17.2 Å². The van der Waals surface area contributed by atoms with Crippen LogP contribution in [-0.4, -0.2) is 7.05 Å². The molecule has 1 nitrogen and oxygen atoms in total. The fourth-order valence-electron chi connectivity index (χ4n) is 2.08. The summed E-state index contributed by atoms with van der Waals surface area (Å²) in [5, 5.41) is 3.16. The van der Waals surface area contributed by atoms with Gasteiger partial charge in [-0.2, -0.15) is 0 Å². The summed E-state index contributed by atoms with van der Waals surface area (Å²) >= 11 is 5.98. The predicted molar refractivity (Wildman–Crippen MR) is 73.3 cm³/mol. The van der Waals surface area contributed by atoms with Crippen LogP contribution in [0.5, 0.6) is 0 Å². The first-order chi connectivity index (χ1) is 9.52. The van der Waals surface area contributed by atoms with Gasteiger partial charge in [-0.1, -0.05) is 23.7 Å². The van der Waals surface area contributed by atoms with Gasteiger partial charge in [0.15, 0.2) is 0 Å². The first-order valence-electron chi connectivity index (χ1n) is 6.08. The lowest BCUT2D eigenvalue weighted by molar-refractivity contribution is 0.514. The molecule has 0 saturated carbocycles. The van der Waals surface area contributed by atoms with Crippen molar-refractivity contribution in [1.29, 1.82) is 0 Å². The normalized spacial score (nSPS) is 12.4. The predicted octanol–water partition coefficient (Wildman–Crippen LogP) is 4.26. The Kier molecular flexibility index (Phi) is 4.68. The van der Waals surface area contributed by atoms with Gasteiger partial charge in [0.1, 0.15) is 17.5 Å². The number of rotatable bonds is 4. The Hall–Kier alpha value is -1.52. The highest BCUT2D eigenvalue weighted by Crippen LogP contribution is 2.28. The molecule has 1 atom stereocenters. The minimum Gasteiger partial charge on any atom is -0.313 e. The lowest BCUT2D eigenvalue weighted by Gasteiger charge is -2.19. The molecule has 2 aromatic rings. The quantitative estimate of drug-likeness (QED) is 0.889. The van der Waals surface area contributed by atoms with E-state index in [1.807, 2.05) is 0 Å². The summed E-state index contributed by atoms with van der Waals surface area (Å²) in [7, 11) is 1.66. The van der Waals surface area contributed by atoms with Crippen LogP contribution >= 0.6 is 11.6 Å². The minimum absolute atomic E-state index is 0.0211. The molecular formula is C15H13ClF3N. The van der Waals surface area contributed by atoms with Gasteiger partial charge in [-0.3, -0.25) is 0 Å². The van der Waals surface area contributed by atoms with E-state index >= 15 is 0 Å². The van der Waals surface area contributed by atoms with Crippen LogP contribution in [0.15, 0.2) is 36.4 Å². The average molecular weight is 300 g/mol. The maximum Gasteiger partial charge on any atom is 0.129 e. The van der Waals surface area contributed by atoms with Crippen molar-refractivity contribution in [1.82, 2.24) is 5.32 Å². The molecule has 5 heteroatoms. The molecule has 0 aliphatic heterocycles. The van der Waals surface area contributed by atoms with E-state index in [-0.39, 0.29) is 17.0 Å². The third kappa shape index (κ3) is 3.14. The SMILES string of the molecule is CNC(Cc1c(F)cccc1F)c1ccc(F)cc1Cl. The molecule has 0 aliphatic rings. The van der Waals surface area contributed by atoms with Crippen LogP contribution in [0.3, 0.4) is 0 Å². The first-order valence-corrected chi connectivity index (χ1v) is 6.46. The second-order valence-electron chi connectivity index (χ2n) is 4.41. The van der Waals surface area contributed by atoms with E-state index in [1.165, 1.54) is 36.4 Å². The topological polar surface area (TPSA) is 12.0 Å². The van der Waals surface area contributed by atoms with Crippen LogP contribution in [0.25, 0.3) is 0 Å². The number of halogens is 4. The Morgan fingerprint density at radius 3 is 2.30 bits per heavy atom. The molecular weight excluding hydrogens is 287 g/mol. The Bertz CT molecular complexity index is 596. The van der Waals surface area contributed by atoms with Crippen molar-refractivity contribution in [3.63, 3.8) is 0 Å². The van der Waals surface area contributed by atoms with Crippen molar-refractivity contribution >= 4 is 11.6 Å². The van der Waals surface area contributed by atoms with Crippen LogP contribution < -0.4 is 5.32 Å². The van der Waals surface area contributed by atoms with Gasteiger partial charge in [-0.15, -0.1) is 0 Å². The number of benzene rings is 2. The van der Waals surface area contributed by atoms with Gasteiger partial charge in [0.2, 0.25) is 0 Å². The molecule has 0 saturated heterocycles. The van der Waals surface area contributed by atoms with E-state index in [9.17, 15) is 13.2 Å². The summed E-state index contributed by atoms with van der Waals surface area (Å²) in [6.07, 6.45) is 0.0837. The molecule has 0 bridgehead atoms. The van der Waals surface area contributed by atoms with Gasteiger partial charge in [0.05, 0.1) is 0 Å². The van der Waals surface area contributed by atoms with Gasteiger partial charge in [-0.25, -0.2) is 13.2 Å². The summed E-state index contributed by atoms with van der Waals surface area (Å²) in [4.78, 5) is 0. The minimum atomic E-state index is -0.608. The molecule has 106 valence electrons. The Morgan fingerprint density at radius 2 is 1.75 bits per heavy atom. The molecule has 20 heavy (non-hydrogen) atoms. The van der Waals surface area contributed by atoms with Gasteiger partial charge in [-0.05, 0) is 43.3 Å². The molecule has 2 aromatic carbocycles. The van der Waals surface area contributed by atoms with Crippen molar-refractivity contribution in [2.24, 2.45) is 0 Å². The van der Waals surface area contributed by atoms with Gasteiger partial charge < -0.3 is 5.32 Å². The highest BCUT2D eigenvalue weighted by Gasteiger charge is 2.18. The highest BCUT2D eigenvalue weighted by atomic mass is 35.5. The number of hydrogen-bond donors (Lipinski definition) is 1. The molecule has 1 unspecified atom stereocenters. The Labute approximate surface area is 120 Å². The van der Waals surface area contributed by atoms with E-state index in [0.29, 0.717) is 5.56 Å². The zero-order valence-electron chi connectivity index (χ0n) is 10.8. The maximum atomic E-state index is 13.7. The standard InChI is InChI=1S/C15H13ClF3N/c1-20-15(10-6-5-9(17)7-12(10)16)8-11-13(18)3-2-4-14(11)19/h2-7,15,20H,8H2,1H3. The van der Waals surface area contributed by atoms with E-state index in [1.54, 1.807) is 7.05 Å². The monoisotopic (exact) mass is 299 g/mol. The molecule has 0 aromatic heterocycles. The molecule has 0 radical (unpaired) electrons. The molecule has 2 rings (SSSR count). The summed E-state index contributed by atoms with van der Waals surface area (Å²) in [5.74, 6) is -1.67. The van der Waals surface area contributed by atoms with Crippen LogP contribution in [0, 0.1) is 17.5 Å². The second kappa shape index (κ2) is 6.29. The maximum absolute atomic E-state index is 13.7. The van der Waals surface area contributed by atoms with Gasteiger partial charge in [0, 0.05) is 16.6 Å². The van der Waals surface area contributed by atoms with Crippen molar-refractivity contribution in [2.75, 3.05) is 7.05 Å². The van der Waals surface area contributed by atoms with Gasteiger partial charge >= 0.3 is 0 Å². The largest absolute Gasteiger partial charge is 0.313 e. The van der Waals surface area contributed by atoms with Gasteiger partial charge in [0.25, 0.3) is 0 Å². The van der Waals surface area contributed by atoms with Crippen molar-refractivity contribution in [3.05, 3.63) is 70.0 Å². The summed E-state index contributed by atoms with van der Waals surface area (Å²) < 4.78 is 40.4. The molecule has 0 heterocycles. The van der Waals surface area contributed by atoms with Crippen molar-refractivity contribution < 1.29 is 13.2 Å². The van der Waals surface area contributed by atoms with Crippen LogP contribution in [-0.2, 0) is 6.42 Å². The Morgan fingerprint density at radius 1 is 1.10 bits per heavy atom. The molecule has 0 aliphatic carbocycles. The summed E-state index contributed by atoms with van der Waals surface area (Å²) in [5.41, 5.74) is 0.575. The fourth-order valence-corrected chi connectivity index (χ4v) is 2.38. The highest BCUT2D eigenvalue weighted by molar-refractivity contribution is 6.31.